The molecule has 0 unspecified atom stereocenters. The van der Waals surface area contributed by atoms with E-state index in [1.165, 1.54) is 0 Å². The maximum atomic E-state index is 5.99. The second-order valence-electron chi connectivity index (χ2n) is 7.46. The van der Waals surface area contributed by atoms with E-state index in [0.717, 1.165) is 39.0 Å². The van der Waals surface area contributed by atoms with E-state index in [0.29, 0.717) is 12.4 Å². The van der Waals surface area contributed by atoms with Gasteiger partial charge in [-0.25, -0.2) is 4.98 Å². The smallest absolute Gasteiger partial charge is 0.197 e. The standard InChI is InChI=1S/C27H21N5O/c1-2-7-26-23(5-1)15-16-24(28-26)19-33-25-6-3-4-22(18-25)13-12-20-8-10-21(11-9-20)14-17-27-29-31-32-30-27/h1-18H,19H2,(H,29,30,31,32)/b13-12+,17-14+. The van der Waals surface area contributed by atoms with Crippen LogP contribution in [0.3, 0.4) is 0 Å². The Hall–Kier alpha value is -4.58. The van der Waals surface area contributed by atoms with Crippen LogP contribution < -0.4 is 4.74 Å². The molecule has 1 N–H and O–H groups in total. The summed E-state index contributed by atoms with van der Waals surface area (Å²) in [6.07, 6.45) is 7.92. The third-order valence-corrected chi connectivity index (χ3v) is 5.09. The highest BCUT2D eigenvalue weighted by Gasteiger charge is 2.01. The van der Waals surface area contributed by atoms with Crippen molar-refractivity contribution < 1.29 is 4.74 Å². The lowest BCUT2D eigenvalue weighted by Gasteiger charge is -2.07. The molecule has 5 aromatic rings. The second kappa shape index (κ2) is 9.70. The molecular formula is C27H21N5O. The van der Waals surface area contributed by atoms with Gasteiger partial charge in [0.2, 0.25) is 0 Å². The SMILES string of the molecule is C(=C\c1cccc(OCc2ccc3ccccc3n2)c1)/c1ccc(/C=C/c2nn[nH]n2)cc1. The highest BCUT2D eigenvalue weighted by molar-refractivity contribution is 5.78. The highest BCUT2D eigenvalue weighted by atomic mass is 16.5. The van der Waals surface area contributed by atoms with Crippen molar-refractivity contribution in [1.82, 2.24) is 25.6 Å². The number of H-pyrrole nitrogens is 1. The maximum Gasteiger partial charge on any atom is 0.197 e. The average Bonchev–Trinajstić information content (AvgIpc) is 3.40. The van der Waals surface area contributed by atoms with E-state index in [1.807, 2.05) is 66.7 Å². The van der Waals surface area contributed by atoms with Gasteiger partial charge in [-0.05, 0) is 52.2 Å². The summed E-state index contributed by atoms with van der Waals surface area (Å²) in [6, 6.07) is 28.4. The van der Waals surface area contributed by atoms with Gasteiger partial charge in [-0.15, -0.1) is 10.2 Å². The molecule has 0 spiro atoms. The molecular weight excluding hydrogens is 410 g/mol. The van der Waals surface area contributed by atoms with Crippen molar-refractivity contribution in [3.8, 4) is 5.75 Å². The first kappa shape index (κ1) is 20.3. The van der Waals surface area contributed by atoms with Crippen LogP contribution >= 0.6 is 0 Å². The summed E-state index contributed by atoms with van der Waals surface area (Å²) < 4.78 is 5.99. The number of fused-ring (bicyclic) bond motifs is 1. The van der Waals surface area contributed by atoms with Crippen LogP contribution in [0.25, 0.3) is 35.2 Å². The molecule has 0 fully saturated rings. The predicted molar refractivity (Wildman–Crippen MR) is 131 cm³/mol. The van der Waals surface area contributed by atoms with Gasteiger partial charge in [0.1, 0.15) is 12.4 Å². The molecule has 5 rings (SSSR count). The Morgan fingerprint density at radius 2 is 1.52 bits per heavy atom. The number of pyridine rings is 1. The van der Waals surface area contributed by atoms with Crippen LogP contribution in [0.15, 0.2) is 84.9 Å². The molecule has 33 heavy (non-hydrogen) atoms. The van der Waals surface area contributed by atoms with Gasteiger partial charge in [0.05, 0.1) is 11.2 Å². The van der Waals surface area contributed by atoms with Gasteiger partial charge in [-0.2, -0.15) is 5.21 Å². The lowest BCUT2D eigenvalue weighted by Crippen LogP contribution is -1.98. The summed E-state index contributed by atoms with van der Waals surface area (Å²) >= 11 is 0. The van der Waals surface area contributed by atoms with E-state index >= 15 is 0 Å². The molecule has 6 heteroatoms. The number of aromatic amines is 1. The summed E-state index contributed by atoms with van der Waals surface area (Å²) in [5, 5.41) is 14.9. The number of nitrogens with zero attached hydrogens (tertiary/aromatic N) is 4. The molecule has 0 aliphatic heterocycles. The van der Waals surface area contributed by atoms with Crippen molar-refractivity contribution >= 4 is 35.2 Å². The number of aromatic nitrogens is 5. The van der Waals surface area contributed by atoms with Gasteiger partial charge in [-0.3, -0.25) is 0 Å². The number of rotatable bonds is 7. The minimum atomic E-state index is 0.427. The van der Waals surface area contributed by atoms with Crippen LogP contribution in [0, 0.1) is 0 Å². The Labute approximate surface area is 191 Å². The lowest BCUT2D eigenvalue weighted by molar-refractivity contribution is 0.302. The number of hydrogen-bond donors (Lipinski definition) is 1. The first-order valence-electron chi connectivity index (χ1n) is 10.6. The second-order valence-corrected chi connectivity index (χ2v) is 7.46. The van der Waals surface area contributed by atoms with Crippen molar-refractivity contribution in [2.24, 2.45) is 0 Å². The van der Waals surface area contributed by atoms with Crippen molar-refractivity contribution in [3.05, 3.63) is 113 Å². The summed E-state index contributed by atoms with van der Waals surface area (Å²) in [7, 11) is 0. The van der Waals surface area contributed by atoms with E-state index in [1.54, 1.807) is 0 Å². The molecule has 0 bridgehead atoms. The fraction of sp³-hybridized carbons (Fsp3) is 0.0370. The Bertz CT molecular complexity index is 1410. The lowest BCUT2D eigenvalue weighted by atomic mass is 10.1. The Balaban J connectivity index is 1.21. The quantitative estimate of drug-likeness (QED) is 0.336. The van der Waals surface area contributed by atoms with Crippen molar-refractivity contribution in [2.75, 3.05) is 0 Å². The molecule has 3 aromatic carbocycles. The van der Waals surface area contributed by atoms with Gasteiger partial charge < -0.3 is 4.74 Å². The van der Waals surface area contributed by atoms with Gasteiger partial charge in [0.25, 0.3) is 0 Å². The number of nitrogens with one attached hydrogen (secondary N) is 1. The van der Waals surface area contributed by atoms with Crippen molar-refractivity contribution in [2.45, 2.75) is 6.61 Å². The van der Waals surface area contributed by atoms with Crippen LogP contribution in [0.4, 0.5) is 0 Å². The number of para-hydroxylation sites is 1. The van der Waals surface area contributed by atoms with Gasteiger partial charge >= 0.3 is 0 Å². The maximum absolute atomic E-state index is 5.99. The third kappa shape index (κ3) is 5.37. The molecule has 0 saturated heterocycles. The number of tetrazole rings is 1. The van der Waals surface area contributed by atoms with Crippen molar-refractivity contribution in [3.63, 3.8) is 0 Å². The zero-order valence-electron chi connectivity index (χ0n) is 17.8. The molecule has 0 saturated carbocycles. The molecule has 0 atom stereocenters. The van der Waals surface area contributed by atoms with Gasteiger partial charge in [0.15, 0.2) is 5.82 Å². The molecule has 6 nitrogen and oxygen atoms in total. The fourth-order valence-corrected chi connectivity index (χ4v) is 3.38. The van der Waals surface area contributed by atoms with Crippen LogP contribution in [-0.2, 0) is 6.61 Å². The number of benzene rings is 3. The number of ether oxygens (including phenoxy) is 1. The topological polar surface area (TPSA) is 76.6 Å². The largest absolute Gasteiger partial charge is 0.487 e. The zero-order valence-corrected chi connectivity index (χ0v) is 17.8. The fourth-order valence-electron chi connectivity index (χ4n) is 3.38. The van der Waals surface area contributed by atoms with E-state index < -0.39 is 0 Å². The van der Waals surface area contributed by atoms with E-state index in [2.05, 4.69) is 68.1 Å². The summed E-state index contributed by atoms with van der Waals surface area (Å²) in [6.45, 7) is 0.427. The first-order chi connectivity index (χ1) is 16.3. The highest BCUT2D eigenvalue weighted by Crippen LogP contribution is 2.19. The molecule has 0 radical (unpaired) electrons. The van der Waals surface area contributed by atoms with E-state index in [-0.39, 0.29) is 0 Å². The summed E-state index contributed by atoms with van der Waals surface area (Å²) in [4.78, 5) is 4.67. The molecule has 0 amide bonds. The minimum Gasteiger partial charge on any atom is -0.487 e. The Morgan fingerprint density at radius 3 is 2.33 bits per heavy atom. The van der Waals surface area contributed by atoms with Gasteiger partial charge in [0, 0.05) is 5.39 Å². The van der Waals surface area contributed by atoms with E-state index in [4.69, 9.17) is 4.74 Å². The summed E-state index contributed by atoms with van der Waals surface area (Å²) in [5.74, 6) is 1.37. The normalized spacial score (nSPS) is 11.5. The van der Waals surface area contributed by atoms with Crippen LogP contribution in [-0.4, -0.2) is 25.6 Å². The van der Waals surface area contributed by atoms with Crippen LogP contribution in [0.2, 0.25) is 0 Å². The predicted octanol–water partition coefficient (Wildman–Crippen LogP) is 5.67. The monoisotopic (exact) mass is 431 g/mol. The molecule has 160 valence electrons. The summed E-state index contributed by atoms with van der Waals surface area (Å²) in [5.41, 5.74) is 5.13. The number of hydrogen-bond acceptors (Lipinski definition) is 5. The first-order valence-corrected chi connectivity index (χ1v) is 10.6. The van der Waals surface area contributed by atoms with Gasteiger partial charge in [-0.1, -0.05) is 78.9 Å². The third-order valence-electron chi connectivity index (χ3n) is 5.09. The van der Waals surface area contributed by atoms with Crippen LogP contribution in [0.1, 0.15) is 28.2 Å². The zero-order chi connectivity index (χ0) is 22.3. The minimum absolute atomic E-state index is 0.427. The average molecular weight is 431 g/mol. The Kier molecular flexibility index (Phi) is 5.98. The van der Waals surface area contributed by atoms with Crippen LogP contribution in [0.5, 0.6) is 5.75 Å². The molecule has 0 aliphatic rings. The molecule has 2 aromatic heterocycles. The molecule has 0 aliphatic carbocycles. The van der Waals surface area contributed by atoms with Crippen molar-refractivity contribution in [1.29, 1.82) is 0 Å². The van der Waals surface area contributed by atoms with E-state index in [9.17, 15) is 0 Å². The molecule has 2 heterocycles. The Morgan fingerprint density at radius 1 is 0.727 bits per heavy atom.